The predicted octanol–water partition coefficient (Wildman–Crippen LogP) is 6.26. The first kappa shape index (κ1) is 19.8. The Hall–Kier alpha value is -0.240. The zero-order valence-electron chi connectivity index (χ0n) is 13.5. The van der Waals surface area contributed by atoms with Crippen LogP contribution in [0.5, 0.6) is 0 Å². The van der Waals surface area contributed by atoms with Gasteiger partial charge in [0.05, 0.1) is 0 Å². The van der Waals surface area contributed by atoms with E-state index in [1.165, 1.54) is 70.8 Å². The molecule has 0 radical (unpaired) electrons. The maximum Gasteiger partial charge on any atom is 0.0442 e. The van der Waals surface area contributed by atoms with Gasteiger partial charge in [0, 0.05) is 12.6 Å². The Morgan fingerprint density at radius 3 is 1.90 bits per heavy atom. The molecule has 1 aliphatic rings. The molecule has 0 aliphatic carbocycles. The van der Waals surface area contributed by atoms with Gasteiger partial charge in [0.1, 0.15) is 0 Å². The van der Waals surface area contributed by atoms with Crippen LogP contribution in [0.15, 0.2) is 24.4 Å². The molecular formula is C18H34BrN. The highest BCUT2D eigenvalue weighted by atomic mass is 79.9. The van der Waals surface area contributed by atoms with Crippen LogP contribution >= 0.6 is 17.0 Å². The quantitative estimate of drug-likeness (QED) is 0.400. The Balaban J connectivity index is 0.00000361. The molecule has 1 atom stereocenters. The summed E-state index contributed by atoms with van der Waals surface area (Å²) >= 11 is 0. The Labute approximate surface area is 137 Å². The van der Waals surface area contributed by atoms with E-state index in [4.69, 9.17) is 0 Å². The van der Waals surface area contributed by atoms with Crippen molar-refractivity contribution in [3.8, 4) is 0 Å². The van der Waals surface area contributed by atoms with Gasteiger partial charge in [-0.3, -0.25) is 0 Å². The summed E-state index contributed by atoms with van der Waals surface area (Å²) in [4.78, 5) is 2.45. The van der Waals surface area contributed by atoms with Gasteiger partial charge in [0.25, 0.3) is 0 Å². The molecule has 0 bridgehead atoms. The molecule has 0 amide bonds. The summed E-state index contributed by atoms with van der Waals surface area (Å²) < 4.78 is 0. The molecule has 0 aromatic rings. The summed E-state index contributed by atoms with van der Waals surface area (Å²) in [5.41, 5.74) is 0. The average Bonchev–Trinajstić information content (AvgIpc) is 2.43. The third kappa shape index (κ3) is 9.63. The van der Waals surface area contributed by atoms with E-state index in [-0.39, 0.29) is 17.0 Å². The molecule has 1 aliphatic heterocycles. The topological polar surface area (TPSA) is 3.24 Å². The van der Waals surface area contributed by atoms with Crippen LogP contribution in [0.3, 0.4) is 0 Å². The lowest BCUT2D eigenvalue weighted by molar-refractivity contribution is 0.322. The van der Waals surface area contributed by atoms with Crippen LogP contribution in [0.4, 0.5) is 0 Å². The van der Waals surface area contributed by atoms with E-state index in [1.54, 1.807) is 0 Å². The van der Waals surface area contributed by atoms with Crippen LogP contribution in [0, 0.1) is 0 Å². The highest BCUT2D eigenvalue weighted by Gasteiger charge is 2.07. The van der Waals surface area contributed by atoms with Crippen LogP contribution in [-0.2, 0) is 0 Å². The van der Waals surface area contributed by atoms with Crippen LogP contribution in [-0.4, -0.2) is 17.5 Å². The Bertz CT molecular complexity index is 260. The third-order valence-electron chi connectivity index (χ3n) is 4.07. The highest BCUT2D eigenvalue weighted by molar-refractivity contribution is 8.93. The first-order valence-corrected chi connectivity index (χ1v) is 8.45. The van der Waals surface area contributed by atoms with E-state index in [0.29, 0.717) is 6.04 Å². The maximum atomic E-state index is 2.45. The molecule has 1 heterocycles. The van der Waals surface area contributed by atoms with Crippen molar-refractivity contribution in [1.29, 1.82) is 0 Å². The lowest BCUT2D eigenvalue weighted by Crippen LogP contribution is -2.28. The third-order valence-corrected chi connectivity index (χ3v) is 4.07. The Morgan fingerprint density at radius 1 is 0.800 bits per heavy atom. The SMILES string of the molecule is Br.CCCCCCCCCCCCN1C=CC=CC1C. The highest BCUT2D eigenvalue weighted by Crippen LogP contribution is 2.13. The second kappa shape index (κ2) is 13.7. The second-order valence-corrected chi connectivity index (χ2v) is 5.89. The van der Waals surface area contributed by atoms with Gasteiger partial charge < -0.3 is 4.90 Å². The summed E-state index contributed by atoms with van der Waals surface area (Å²) in [6.45, 7) is 5.78. The molecule has 1 nitrogen and oxygen atoms in total. The van der Waals surface area contributed by atoms with Gasteiger partial charge in [0.15, 0.2) is 0 Å². The molecular weight excluding hydrogens is 310 g/mol. The van der Waals surface area contributed by atoms with Gasteiger partial charge in [-0.2, -0.15) is 0 Å². The Morgan fingerprint density at radius 2 is 1.35 bits per heavy atom. The van der Waals surface area contributed by atoms with Crippen LogP contribution in [0.1, 0.15) is 78.1 Å². The van der Waals surface area contributed by atoms with Crippen LogP contribution < -0.4 is 0 Å². The van der Waals surface area contributed by atoms with Crippen molar-refractivity contribution in [3.05, 3.63) is 24.4 Å². The molecule has 0 aromatic heterocycles. The van der Waals surface area contributed by atoms with Crippen molar-refractivity contribution in [3.63, 3.8) is 0 Å². The monoisotopic (exact) mass is 343 g/mol. The molecule has 0 spiro atoms. The van der Waals surface area contributed by atoms with Crippen LogP contribution in [0.2, 0.25) is 0 Å². The van der Waals surface area contributed by atoms with Crippen molar-refractivity contribution in [1.82, 2.24) is 4.90 Å². The fourth-order valence-electron chi connectivity index (χ4n) is 2.69. The summed E-state index contributed by atoms with van der Waals surface area (Å²) in [6.07, 6.45) is 23.0. The fourth-order valence-corrected chi connectivity index (χ4v) is 2.69. The van der Waals surface area contributed by atoms with Crippen molar-refractivity contribution < 1.29 is 0 Å². The van der Waals surface area contributed by atoms with Gasteiger partial charge in [0.2, 0.25) is 0 Å². The standard InChI is InChI=1S/C18H33N.BrH/c1-3-4-5-6-7-8-9-10-11-13-16-19-17-14-12-15-18(19)2;/h12,14-15,17-18H,3-11,13,16H2,1-2H3;1H. The Kier molecular flexibility index (Phi) is 13.6. The van der Waals surface area contributed by atoms with Crippen molar-refractivity contribution in [2.45, 2.75) is 84.1 Å². The molecule has 0 N–H and O–H groups in total. The number of nitrogens with zero attached hydrogens (tertiary/aromatic N) is 1. The molecule has 1 unspecified atom stereocenters. The summed E-state index contributed by atoms with van der Waals surface area (Å²) in [6, 6.07) is 0.587. The lowest BCUT2D eigenvalue weighted by Gasteiger charge is -2.27. The first-order valence-electron chi connectivity index (χ1n) is 8.45. The molecule has 0 fully saturated rings. The zero-order chi connectivity index (χ0) is 13.8. The number of halogens is 1. The van der Waals surface area contributed by atoms with Gasteiger partial charge >= 0.3 is 0 Å². The van der Waals surface area contributed by atoms with E-state index in [9.17, 15) is 0 Å². The minimum absolute atomic E-state index is 0. The molecule has 0 saturated heterocycles. The smallest absolute Gasteiger partial charge is 0.0442 e. The molecule has 2 heteroatoms. The number of hydrogen-bond acceptors (Lipinski definition) is 1. The number of allylic oxidation sites excluding steroid dienone is 2. The van der Waals surface area contributed by atoms with E-state index in [1.807, 2.05) is 0 Å². The predicted molar refractivity (Wildman–Crippen MR) is 96.6 cm³/mol. The minimum atomic E-state index is 0. The van der Waals surface area contributed by atoms with Gasteiger partial charge in [-0.05, 0) is 25.6 Å². The summed E-state index contributed by atoms with van der Waals surface area (Å²) in [7, 11) is 0. The number of hydrogen-bond donors (Lipinski definition) is 0. The summed E-state index contributed by atoms with van der Waals surface area (Å²) in [5, 5.41) is 0. The molecule has 1 rings (SSSR count). The van der Waals surface area contributed by atoms with Crippen molar-refractivity contribution in [2.24, 2.45) is 0 Å². The molecule has 0 aromatic carbocycles. The van der Waals surface area contributed by atoms with E-state index in [2.05, 4.69) is 43.2 Å². The normalized spacial score (nSPS) is 17.3. The van der Waals surface area contributed by atoms with Gasteiger partial charge in [-0.25, -0.2) is 0 Å². The van der Waals surface area contributed by atoms with Gasteiger partial charge in [-0.15, -0.1) is 17.0 Å². The largest absolute Gasteiger partial charge is 0.371 e. The van der Waals surface area contributed by atoms with Crippen LogP contribution in [0.25, 0.3) is 0 Å². The van der Waals surface area contributed by atoms with E-state index < -0.39 is 0 Å². The fraction of sp³-hybridized carbons (Fsp3) is 0.778. The summed E-state index contributed by atoms with van der Waals surface area (Å²) in [5.74, 6) is 0. The van der Waals surface area contributed by atoms with Gasteiger partial charge in [-0.1, -0.05) is 76.9 Å². The first-order chi connectivity index (χ1) is 9.34. The molecule has 118 valence electrons. The van der Waals surface area contributed by atoms with E-state index >= 15 is 0 Å². The van der Waals surface area contributed by atoms with Crippen molar-refractivity contribution >= 4 is 17.0 Å². The van der Waals surface area contributed by atoms with Crippen molar-refractivity contribution in [2.75, 3.05) is 6.54 Å². The second-order valence-electron chi connectivity index (χ2n) is 5.89. The molecule has 0 saturated carbocycles. The zero-order valence-corrected chi connectivity index (χ0v) is 15.2. The average molecular weight is 344 g/mol. The van der Waals surface area contributed by atoms with E-state index in [0.717, 1.165) is 0 Å². The molecule has 20 heavy (non-hydrogen) atoms. The maximum absolute atomic E-state index is 2.45. The lowest BCUT2D eigenvalue weighted by atomic mass is 10.1. The number of rotatable bonds is 11. The number of unbranched alkanes of at least 4 members (excludes halogenated alkanes) is 9. The minimum Gasteiger partial charge on any atom is -0.371 e.